The molecule has 0 bridgehead atoms. The van der Waals surface area contributed by atoms with Gasteiger partial charge in [0.25, 0.3) is 5.91 Å². The van der Waals surface area contributed by atoms with E-state index in [2.05, 4.69) is 5.32 Å². The third-order valence-electron chi connectivity index (χ3n) is 2.78. The van der Waals surface area contributed by atoms with Gasteiger partial charge in [0.2, 0.25) is 0 Å². The van der Waals surface area contributed by atoms with Gasteiger partial charge in [-0.25, -0.2) is 0 Å². The van der Waals surface area contributed by atoms with E-state index in [1.807, 2.05) is 0 Å². The zero-order chi connectivity index (χ0) is 12.1. The molecule has 0 saturated heterocycles. The van der Waals surface area contributed by atoms with Gasteiger partial charge in [0.05, 0.1) is 6.61 Å². The smallest absolute Gasteiger partial charge is 0.252 e. The number of aliphatic hydroxyl groups is 3. The Kier molecular flexibility index (Phi) is 5.20. The Labute approximate surface area is 90.1 Å². The predicted octanol–water partition coefficient (Wildman–Crippen LogP) is -0.746. The van der Waals surface area contributed by atoms with Gasteiger partial charge in [-0.2, -0.15) is 0 Å². The topological polar surface area (TPSA) is 89.8 Å². The van der Waals surface area contributed by atoms with E-state index in [1.54, 1.807) is 13.8 Å². The summed E-state index contributed by atoms with van der Waals surface area (Å²) < 4.78 is 0. The van der Waals surface area contributed by atoms with Crippen molar-refractivity contribution in [2.45, 2.75) is 32.8 Å². The number of aliphatic hydroxyl groups excluding tert-OH is 2. The highest BCUT2D eigenvalue weighted by Gasteiger charge is 2.45. The minimum atomic E-state index is -1.63. The first kappa shape index (κ1) is 14.3. The molecule has 4 N–H and O–H groups in total. The molecule has 0 aromatic rings. The molecule has 0 aliphatic rings. The van der Waals surface area contributed by atoms with E-state index < -0.39 is 16.9 Å². The van der Waals surface area contributed by atoms with Crippen molar-refractivity contribution in [1.82, 2.24) is 5.32 Å². The monoisotopic (exact) mass is 219 g/mol. The summed E-state index contributed by atoms with van der Waals surface area (Å²) >= 11 is 0. The van der Waals surface area contributed by atoms with E-state index in [9.17, 15) is 9.90 Å². The van der Waals surface area contributed by atoms with Crippen molar-refractivity contribution < 1.29 is 20.1 Å². The zero-order valence-corrected chi connectivity index (χ0v) is 9.58. The molecule has 0 radical (unpaired) electrons. The van der Waals surface area contributed by atoms with Gasteiger partial charge in [0.15, 0.2) is 0 Å². The van der Waals surface area contributed by atoms with Crippen molar-refractivity contribution in [2.24, 2.45) is 5.41 Å². The summed E-state index contributed by atoms with van der Waals surface area (Å²) in [5.41, 5.74) is -2.53. The van der Waals surface area contributed by atoms with Crippen LogP contribution in [0.4, 0.5) is 0 Å². The van der Waals surface area contributed by atoms with Crippen molar-refractivity contribution in [3.05, 3.63) is 0 Å². The first-order chi connectivity index (χ1) is 6.79. The summed E-state index contributed by atoms with van der Waals surface area (Å²) in [5.74, 6) is -0.532. The molecule has 0 saturated carbocycles. The van der Waals surface area contributed by atoms with Crippen LogP contribution in [0.5, 0.6) is 0 Å². The van der Waals surface area contributed by atoms with Crippen LogP contribution < -0.4 is 5.32 Å². The van der Waals surface area contributed by atoms with Gasteiger partial charge in [-0.3, -0.25) is 4.79 Å². The van der Waals surface area contributed by atoms with E-state index in [4.69, 9.17) is 10.2 Å². The van der Waals surface area contributed by atoms with E-state index in [-0.39, 0.29) is 13.2 Å². The maximum Gasteiger partial charge on any atom is 0.252 e. The van der Waals surface area contributed by atoms with Gasteiger partial charge in [0.1, 0.15) is 5.60 Å². The molecule has 0 aliphatic heterocycles. The Morgan fingerprint density at radius 2 is 1.80 bits per heavy atom. The molecule has 90 valence electrons. The molecule has 1 atom stereocenters. The van der Waals surface area contributed by atoms with Gasteiger partial charge in [0, 0.05) is 18.6 Å². The van der Waals surface area contributed by atoms with Crippen molar-refractivity contribution in [2.75, 3.05) is 19.8 Å². The molecular weight excluding hydrogens is 198 g/mol. The second-order valence-corrected chi connectivity index (χ2v) is 4.45. The summed E-state index contributed by atoms with van der Waals surface area (Å²) in [6.45, 7) is 4.61. The number of carbonyl (C=O) groups is 1. The average Bonchev–Trinajstić information content (AvgIpc) is 2.17. The molecule has 0 spiro atoms. The average molecular weight is 219 g/mol. The van der Waals surface area contributed by atoms with Gasteiger partial charge in [-0.15, -0.1) is 0 Å². The lowest BCUT2D eigenvalue weighted by atomic mass is 9.76. The lowest BCUT2D eigenvalue weighted by molar-refractivity contribution is -0.154. The minimum absolute atomic E-state index is 0.00812. The standard InChI is InChI=1S/C10H21NO4/c1-9(2,7-13)10(3,15)8(14)11-5-4-6-12/h12-13,15H,4-7H2,1-3H3,(H,11,14)/t10-/m1/s1. The first-order valence-electron chi connectivity index (χ1n) is 5.02. The van der Waals surface area contributed by atoms with Gasteiger partial charge < -0.3 is 20.6 Å². The zero-order valence-electron chi connectivity index (χ0n) is 9.58. The molecule has 0 aromatic heterocycles. The molecule has 1 amide bonds. The Hall–Kier alpha value is -0.650. The Morgan fingerprint density at radius 3 is 2.20 bits per heavy atom. The third-order valence-corrected chi connectivity index (χ3v) is 2.78. The highest BCUT2D eigenvalue weighted by atomic mass is 16.3. The molecule has 5 nitrogen and oxygen atoms in total. The molecule has 0 aliphatic carbocycles. The van der Waals surface area contributed by atoms with Crippen LogP contribution in [0.1, 0.15) is 27.2 Å². The van der Waals surface area contributed by atoms with Crippen LogP contribution in [0.2, 0.25) is 0 Å². The minimum Gasteiger partial charge on any atom is -0.396 e. The summed E-state index contributed by atoms with van der Waals surface area (Å²) in [4.78, 5) is 11.6. The molecule has 0 aromatic carbocycles. The van der Waals surface area contributed by atoms with E-state index in [0.717, 1.165) is 0 Å². The number of amides is 1. The number of rotatable bonds is 6. The Bertz CT molecular complexity index is 213. The van der Waals surface area contributed by atoms with Crippen molar-refractivity contribution >= 4 is 5.91 Å². The van der Waals surface area contributed by atoms with Crippen LogP contribution in [-0.2, 0) is 4.79 Å². The van der Waals surface area contributed by atoms with Crippen LogP contribution in [0.3, 0.4) is 0 Å². The first-order valence-corrected chi connectivity index (χ1v) is 5.02. The van der Waals surface area contributed by atoms with Crippen LogP contribution in [-0.4, -0.2) is 46.6 Å². The van der Waals surface area contributed by atoms with E-state index in [1.165, 1.54) is 6.92 Å². The lowest BCUT2D eigenvalue weighted by Gasteiger charge is -2.37. The van der Waals surface area contributed by atoms with Crippen LogP contribution in [0.25, 0.3) is 0 Å². The summed E-state index contributed by atoms with van der Waals surface area (Å²) in [7, 11) is 0. The molecule has 0 rings (SSSR count). The number of nitrogens with one attached hydrogen (secondary N) is 1. The largest absolute Gasteiger partial charge is 0.396 e. The van der Waals surface area contributed by atoms with E-state index >= 15 is 0 Å². The van der Waals surface area contributed by atoms with Crippen molar-refractivity contribution in [1.29, 1.82) is 0 Å². The summed E-state index contributed by atoms with van der Waals surface area (Å²) in [6.07, 6.45) is 0.446. The maximum atomic E-state index is 11.6. The second kappa shape index (κ2) is 5.44. The highest BCUT2D eigenvalue weighted by molar-refractivity contribution is 5.85. The molecule has 5 heteroatoms. The van der Waals surface area contributed by atoms with Gasteiger partial charge >= 0.3 is 0 Å². The second-order valence-electron chi connectivity index (χ2n) is 4.45. The number of hydrogen-bond acceptors (Lipinski definition) is 4. The van der Waals surface area contributed by atoms with E-state index in [0.29, 0.717) is 13.0 Å². The fourth-order valence-corrected chi connectivity index (χ4v) is 0.914. The van der Waals surface area contributed by atoms with Gasteiger partial charge in [-0.1, -0.05) is 13.8 Å². The number of hydrogen-bond donors (Lipinski definition) is 4. The number of carbonyl (C=O) groups excluding carboxylic acids is 1. The summed E-state index contributed by atoms with van der Waals surface area (Å²) in [6, 6.07) is 0. The molecule has 0 unspecified atom stereocenters. The fourth-order valence-electron chi connectivity index (χ4n) is 0.914. The van der Waals surface area contributed by atoms with Gasteiger partial charge in [-0.05, 0) is 13.3 Å². The molecule has 0 fully saturated rings. The van der Waals surface area contributed by atoms with Crippen LogP contribution >= 0.6 is 0 Å². The normalized spacial score (nSPS) is 15.9. The third kappa shape index (κ3) is 3.44. The Balaban J connectivity index is 4.38. The Morgan fingerprint density at radius 1 is 1.27 bits per heavy atom. The maximum absolute atomic E-state index is 11.6. The molecular formula is C10H21NO4. The van der Waals surface area contributed by atoms with Crippen molar-refractivity contribution in [3.8, 4) is 0 Å². The lowest BCUT2D eigenvalue weighted by Crippen LogP contribution is -2.55. The summed E-state index contributed by atoms with van der Waals surface area (Å²) in [5, 5.41) is 30.1. The van der Waals surface area contributed by atoms with Crippen molar-refractivity contribution in [3.63, 3.8) is 0 Å². The molecule has 0 heterocycles. The molecule has 15 heavy (non-hydrogen) atoms. The quantitative estimate of drug-likeness (QED) is 0.443. The predicted molar refractivity (Wildman–Crippen MR) is 56.2 cm³/mol. The highest BCUT2D eigenvalue weighted by Crippen LogP contribution is 2.30. The SMILES string of the molecule is CC(C)(CO)[C@](C)(O)C(=O)NCCCO. The van der Waals surface area contributed by atoms with Crippen LogP contribution in [0.15, 0.2) is 0 Å². The fraction of sp³-hybridized carbons (Fsp3) is 0.900. The van der Waals surface area contributed by atoms with Crippen LogP contribution in [0, 0.1) is 5.41 Å².